The summed E-state index contributed by atoms with van der Waals surface area (Å²) in [5, 5.41) is 14.2. The van der Waals surface area contributed by atoms with Crippen LogP contribution in [0.5, 0.6) is 11.6 Å². The second kappa shape index (κ2) is 5.47. The average Bonchev–Trinajstić information content (AvgIpc) is 3.01. The van der Waals surface area contributed by atoms with Crippen molar-refractivity contribution >= 4 is 33.9 Å². The topological polar surface area (TPSA) is 95.4 Å². The van der Waals surface area contributed by atoms with Crippen LogP contribution in [0, 0.1) is 0 Å². The van der Waals surface area contributed by atoms with Crippen LogP contribution in [-0.4, -0.2) is 25.7 Å². The molecule has 1 amide bonds. The van der Waals surface area contributed by atoms with E-state index in [1.165, 1.54) is 4.52 Å². The van der Waals surface area contributed by atoms with Crippen LogP contribution in [-0.2, 0) is 0 Å². The predicted molar refractivity (Wildman–Crippen MR) is 88.3 cm³/mol. The number of hydrogen-bond donors (Lipinski definition) is 1. The van der Waals surface area contributed by atoms with Crippen molar-refractivity contribution in [1.29, 1.82) is 0 Å². The molecular formula is C16H10ClN5O2. The lowest BCUT2D eigenvalue weighted by molar-refractivity contribution is 0.0988. The third-order valence-electron chi connectivity index (χ3n) is 3.48. The molecule has 4 rings (SSSR count). The van der Waals surface area contributed by atoms with Crippen molar-refractivity contribution in [3.63, 3.8) is 0 Å². The molecule has 118 valence electrons. The molecule has 0 fully saturated rings. The van der Waals surface area contributed by atoms with Crippen LogP contribution in [0.3, 0.4) is 0 Å². The molecular weight excluding hydrogens is 330 g/mol. The molecule has 0 bridgehead atoms. The summed E-state index contributed by atoms with van der Waals surface area (Å²) in [6.07, 6.45) is 0. The molecule has 4 aromatic rings. The van der Waals surface area contributed by atoms with Crippen LogP contribution < -0.4 is 10.5 Å². The van der Waals surface area contributed by atoms with E-state index < -0.39 is 5.91 Å². The van der Waals surface area contributed by atoms with E-state index in [0.717, 1.165) is 10.8 Å². The highest BCUT2D eigenvalue weighted by atomic mass is 35.5. The maximum Gasteiger partial charge on any atom is 0.288 e. The van der Waals surface area contributed by atoms with Gasteiger partial charge in [0.15, 0.2) is 5.65 Å². The van der Waals surface area contributed by atoms with Crippen LogP contribution in [0.25, 0.3) is 16.4 Å². The molecule has 2 aromatic heterocycles. The van der Waals surface area contributed by atoms with Gasteiger partial charge in [0.1, 0.15) is 5.75 Å². The van der Waals surface area contributed by atoms with E-state index in [2.05, 4.69) is 15.3 Å². The third-order valence-corrected chi connectivity index (χ3v) is 3.73. The minimum atomic E-state index is -0.720. The predicted octanol–water partition coefficient (Wildman–Crippen LogP) is 2.82. The van der Waals surface area contributed by atoms with Gasteiger partial charge >= 0.3 is 0 Å². The van der Waals surface area contributed by atoms with Gasteiger partial charge in [0.2, 0.25) is 11.7 Å². The van der Waals surface area contributed by atoms with E-state index in [1.807, 2.05) is 24.3 Å². The fraction of sp³-hybridized carbons (Fsp3) is 0. The Morgan fingerprint density at radius 2 is 1.75 bits per heavy atom. The second-order valence-electron chi connectivity index (χ2n) is 5.03. The summed E-state index contributed by atoms with van der Waals surface area (Å²) in [7, 11) is 0. The van der Waals surface area contributed by atoms with Gasteiger partial charge in [0.05, 0.1) is 0 Å². The lowest BCUT2D eigenvalue weighted by Gasteiger charge is -2.09. The van der Waals surface area contributed by atoms with E-state index in [0.29, 0.717) is 22.3 Å². The quantitative estimate of drug-likeness (QED) is 0.619. The summed E-state index contributed by atoms with van der Waals surface area (Å²) >= 11 is 5.89. The normalized spacial score (nSPS) is 11.0. The molecule has 0 radical (unpaired) electrons. The summed E-state index contributed by atoms with van der Waals surface area (Å²) < 4.78 is 7.15. The van der Waals surface area contributed by atoms with E-state index in [1.54, 1.807) is 24.3 Å². The Balaban J connectivity index is 1.96. The fourth-order valence-corrected chi connectivity index (χ4v) is 2.52. The molecule has 0 atom stereocenters. The molecule has 0 aliphatic rings. The van der Waals surface area contributed by atoms with Crippen molar-refractivity contribution in [2.45, 2.75) is 0 Å². The largest absolute Gasteiger partial charge is 0.437 e. The van der Waals surface area contributed by atoms with E-state index in [9.17, 15) is 4.79 Å². The minimum absolute atomic E-state index is 0.0586. The smallest absolute Gasteiger partial charge is 0.288 e. The first-order valence-electron chi connectivity index (χ1n) is 7.01. The van der Waals surface area contributed by atoms with Crippen molar-refractivity contribution in [1.82, 2.24) is 19.8 Å². The number of carbonyl (C=O) groups is 1. The van der Waals surface area contributed by atoms with Crippen molar-refractivity contribution < 1.29 is 9.53 Å². The molecule has 0 aliphatic carbocycles. The zero-order chi connectivity index (χ0) is 16.7. The van der Waals surface area contributed by atoms with Gasteiger partial charge in [-0.15, -0.1) is 15.3 Å². The highest BCUT2D eigenvalue weighted by Gasteiger charge is 2.18. The summed E-state index contributed by atoms with van der Waals surface area (Å²) in [5.74, 6) is 0.0901. The first-order valence-corrected chi connectivity index (χ1v) is 7.38. The molecule has 0 aliphatic heterocycles. The van der Waals surface area contributed by atoms with Gasteiger partial charge < -0.3 is 10.5 Å². The number of amides is 1. The number of hydrogen-bond acceptors (Lipinski definition) is 5. The van der Waals surface area contributed by atoms with Gasteiger partial charge in [-0.2, -0.15) is 4.52 Å². The van der Waals surface area contributed by atoms with Crippen molar-refractivity contribution in [3.8, 4) is 11.6 Å². The molecule has 2 N–H and O–H groups in total. The van der Waals surface area contributed by atoms with Gasteiger partial charge in [-0.1, -0.05) is 29.8 Å². The van der Waals surface area contributed by atoms with E-state index in [-0.39, 0.29) is 5.82 Å². The number of nitrogens with two attached hydrogens (primary N) is 1. The van der Waals surface area contributed by atoms with Gasteiger partial charge in [0.25, 0.3) is 5.91 Å². The number of ether oxygens (including phenoxy) is 1. The van der Waals surface area contributed by atoms with Crippen LogP contribution >= 0.6 is 11.6 Å². The van der Waals surface area contributed by atoms with Crippen molar-refractivity contribution in [2.75, 3.05) is 0 Å². The molecule has 2 heterocycles. The van der Waals surface area contributed by atoms with E-state index in [4.69, 9.17) is 22.1 Å². The number of rotatable bonds is 3. The zero-order valence-corrected chi connectivity index (χ0v) is 12.9. The van der Waals surface area contributed by atoms with Crippen LogP contribution in [0.2, 0.25) is 5.02 Å². The number of fused-ring (bicyclic) bond motifs is 3. The van der Waals surface area contributed by atoms with E-state index >= 15 is 0 Å². The van der Waals surface area contributed by atoms with Crippen LogP contribution in [0.4, 0.5) is 0 Å². The first kappa shape index (κ1) is 14.4. The highest BCUT2D eigenvalue weighted by molar-refractivity contribution is 6.30. The first-order chi connectivity index (χ1) is 11.6. The Morgan fingerprint density at radius 1 is 1.04 bits per heavy atom. The zero-order valence-electron chi connectivity index (χ0n) is 12.2. The number of aromatic nitrogens is 4. The van der Waals surface area contributed by atoms with Crippen molar-refractivity contribution in [2.24, 2.45) is 5.73 Å². The molecule has 7 nitrogen and oxygen atoms in total. The number of benzene rings is 2. The average molecular weight is 340 g/mol. The lowest BCUT2D eigenvalue weighted by Crippen LogP contribution is -2.16. The maximum atomic E-state index is 11.5. The Hall–Kier alpha value is -3.19. The summed E-state index contributed by atoms with van der Waals surface area (Å²) in [5.41, 5.74) is 5.76. The maximum absolute atomic E-state index is 11.5. The fourth-order valence-electron chi connectivity index (χ4n) is 2.40. The highest BCUT2D eigenvalue weighted by Crippen LogP contribution is 2.30. The number of nitrogens with zero attached hydrogens (tertiary/aromatic N) is 4. The second-order valence-corrected chi connectivity index (χ2v) is 5.47. The number of primary amides is 1. The SMILES string of the molecule is NC(=O)c1nnc2c3ccccc3c(Oc3ccc(Cl)cc3)nn12. The summed E-state index contributed by atoms with van der Waals surface area (Å²) in [6, 6.07) is 14.3. The molecule has 24 heavy (non-hydrogen) atoms. The third kappa shape index (κ3) is 2.31. The number of halogens is 1. The minimum Gasteiger partial charge on any atom is -0.437 e. The Labute approximate surface area is 140 Å². The molecule has 0 spiro atoms. The molecule has 8 heteroatoms. The lowest BCUT2D eigenvalue weighted by atomic mass is 10.2. The molecule has 0 saturated heterocycles. The van der Waals surface area contributed by atoms with Crippen LogP contribution in [0.15, 0.2) is 48.5 Å². The van der Waals surface area contributed by atoms with Gasteiger partial charge in [-0.3, -0.25) is 4.79 Å². The van der Waals surface area contributed by atoms with Crippen molar-refractivity contribution in [3.05, 3.63) is 59.4 Å². The molecule has 0 saturated carbocycles. The Bertz CT molecular complexity index is 1080. The molecule has 2 aromatic carbocycles. The monoisotopic (exact) mass is 339 g/mol. The standard InChI is InChI=1S/C16H10ClN5O2/c17-9-5-7-10(8-6-9)24-16-12-4-2-1-3-11(12)14-19-20-15(13(18)23)22(14)21-16/h1-8H,(H2,18,23). The van der Waals surface area contributed by atoms with Gasteiger partial charge in [-0.25, -0.2) is 0 Å². The summed E-state index contributed by atoms with van der Waals surface area (Å²) in [6.45, 7) is 0. The summed E-state index contributed by atoms with van der Waals surface area (Å²) in [4.78, 5) is 11.5. The van der Waals surface area contributed by atoms with Gasteiger partial charge in [0, 0.05) is 15.8 Å². The van der Waals surface area contributed by atoms with Gasteiger partial charge in [-0.05, 0) is 30.3 Å². The molecule has 0 unspecified atom stereocenters. The number of carbonyl (C=O) groups excluding carboxylic acids is 1. The van der Waals surface area contributed by atoms with Crippen LogP contribution in [0.1, 0.15) is 10.6 Å². The Kier molecular flexibility index (Phi) is 3.28. The Morgan fingerprint density at radius 3 is 2.46 bits per heavy atom.